The monoisotopic (exact) mass is 142 g/mol. The molecule has 1 nitrogen and oxygen atoms in total. The van der Waals surface area contributed by atoms with Gasteiger partial charge < -0.3 is 5.11 Å². The summed E-state index contributed by atoms with van der Waals surface area (Å²) in [6.07, 6.45) is 3.52. The number of aliphatic hydroxyl groups excluding tert-OH is 1. The van der Waals surface area contributed by atoms with E-state index in [2.05, 4.69) is 20.8 Å². The summed E-state index contributed by atoms with van der Waals surface area (Å²) >= 11 is 0. The molecule has 2 unspecified atom stereocenters. The molecule has 0 bridgehead atoms. The maximum atomic E-state index is 9.37. The van der Waals surface area contributed by atoms with Crippen molar-refractivity contribution in [3.8, 4) is 0 Å². The van der Waals surface area contributed by atoms with Crippen LogP contribution in [0.1, 0.15) is 40.0 Å². The molecule has 0 aromatic rings. The van der Waals surface area contributed by atoms with E-state index in [1.54, 1.807) is 0 Å². The normalized spacial score (nSPS) is 37.2. The Hall–Kier alpha value is -0.0400. The lowest BCUT2D eigenvalue weighted by molar-refractivity contribution is -0.101. The summed E-state index contributed by atoms with van der Waals surface area (Å²) < 4.78 is 0. The molecule has 0 spiro atoms. The highest BCUT2D eigenvalue weighted by Gasteiger charge is 2.45. The van der Waals surface area contributed by atoms with Crippen LogP contribution in [0.25, 0.3) is 0 Å². The smallest absolute Gasteiger partial charge is 0.0596 e. The van der Waals surface area contributed by atoms with Crippen molar-refractivity contribution in [3.05, 3.63) is 0 Å². The third-order valence-corrected chi connectivity index (χ3v) is 3.06. The lowest BCUT2D eigenvalue weighted by Crippen LogP contribution is -2.48. The lowest BCUT2D eigenvalue weighted by Gasteiger charge is -2.49. The van der Waals surface area contributed by atoms with E-state index in [0.29, 0.717) is 0 Å². The molecule has 2 atom stereocenters. The molecule has 1 saturated carbocycles. The zero-order valence-electron chi connectivity index (χ0n) is 7.22. The Balaban J connectivity index is 2.39. The first-order valence-corrected chi connectivity index (χ1v) is 4.27. The standard InChI is InChI=1S/C9H18O/c1-4-5-7-6-8(10)9(7,2)3/h7-8,10H,4-6H2,1-3H3. The Labute approximate surface area is 63.4 Å². The van der Waals surface area contributed by atoms with Crippen LogP contribution in [0.15, 0.2) is 0 Å². The van der Waals surface area contributed by atoms with Crippen molar-refractivity contribution in [2.75, 3.05) is 0 Å². The fourth-order valence-corrected chi connectivity index (χ4v) is 1.83. The maximum absolute atomic E-state index is 9.37. The van der Waals surface area contributed by atoms with E-state index in [1.807, 2.05) is 0 Å². The van der Waals surface area contributed by atoms with Gasteiger partial charge in [-0.1, -0.05) is 33.6 Å². The highest BCUT2D eigenvalue weighted by molar-refractivity contribution is 4.96. The summed E-state index contributed by atoms with van der Waals surface area (Å²) in [5.74, 6) is 0.771. The first-order chi connectivity index (χ1) is 4.59. The van der Waals surface area contributed by atoms with Crippen molar-refractivity contribution in [3.63, 3.8) is 0 Å². The largest absolute Gasteiger partial charge is 0.393 e. The van der Waals surface area contributed by atoms with E-state index in [9.17, 15) is 5.11 Å². The number of hydrogen-bond donors (Lipinski definition) is 1. The first kappa shape index (κ1) is 8.06. The quantitative estimate of drug-likeness (QED) is 0.626. The minimum absolute atomic E-state index is 0.0379. The van der Waals surface area contributed by atoms with Gasteiger partial charge in [-0.3, -0.25) is 0 Å². The van der Waals surface area contributed by atoms with Gasteiger partial charge in [0.15, 0.2) is 0 Å². The van der Waals surface area contributed by atoms with Crippen LogP contribution in [-0.4, -0.2) is 11.2 Å². The molecule has 0 saturated heterocycles. The Bertz CT molecular complexity index is 116. The minimum atomic E-state index is -0.0379. The van der Waals surface area contributed by atoms with Gasteiger partial charge >= 0.3 is 0 Å². The predicted molar refractivity (Wildman–Crippen MR) is 42.8 cm³/mol. The highest BCUT2D eigenvalue weighted by Crippen LogP contribution is 2.48. The van der Waals surface area contributed by atoms with Crippen LogP contribution >= 0.6 is 0 Å². The van der Waals surface area contributed by atoms with Gasteiger partial charge in [-0.2, -0.15) is 0 Å². The molecule has 1 aliphatic carbocycles. The zero-order valence-corrected chi connectivity index (χ0v) is 7.22. The van der Waals surface area contributed by atoms with E-state index >= 15 is 0 Å². The third kappa shape index (κ3) is 1.07. The molecule has 0 aromatic heterocycles. The molecular weight excluding hydrogens is 124 g/mol. The minimum Gasteiger partial charge on any atom is -0.393 e. The molecule has 1 aliphatic rings. The van der Waals surface area contributed by atoms with Gasteiger partial charge in [0.05, 0.1) is 6.10 Å². The third-order valence-electron chi connectivity index (χ3n) is 3.06. The molecule has 60 valence electrons. The summed E-state index contributed by atoms with van der Waals surface area (Å²) in [5.41, 5.74) is 0.204. The Morgan fingerprint density at radius 1 is 1.50 bits per heavy atom. The summed E-state index contributed by atoms with van der Waals surface area (Å²) in [4.78, 5) is 0. The van der Waals surface area contributed by atoms with Crippen LogP contribution in [0.5, 0.6) is 0 Å². The molecular formula is C9H18O. The van der Waals surface area contributed by atoms with Gasteiger partial charge in [0, 0.05) is 0 Å². The molecule has 0 heterocycles. The van der Waals surface area contributed by atoms with Gasteiger partial charge in [-0.25, -0.2) is 0 Å². The van der Waals surface area contributed by atoms with Gasteiger partial charge in [0.2, 0.25) is 0 Å². The average molecular weight is 142 g/mol. The van der Waals surface area contributed by atoms with Crippen molar-refractivity contribution in [1.82, 2.24) is 0 Å². The predicted octanol–water partition coefficient (Wildman–Crippen LogP) is 2.19. The number of hydrogen-bond acceptors (Lipinski definition) is 1. The zero-order chi connectivity index (χ0) is 7.78. The van der Waals surface area contributed by atoms with Crippen LogP contribution in [0.2, 0.25) is 0 Å². The fraction of sp³-hybridized carbons (Fsp3) is 1.00. The molecule has 1 heteroatoms. The molecule has 1 N–H and O–H groups in total. The van der Waals surface area contributed by atoms with Crippen LogP contribution in [0.3, 0.4) is 0 Å². The van der Waals surface area contributed by atoms with Gasteiger partial charge in [0.1, 0.15) is 0 Å². The molecule has 0 aliphatic heterocycles. The molecule has 0 amide bonds. The van der Waals surface area contributed by atoms with E-state index < -0.39 is 0 Å². The number of rotatable bonds is 2. The molecule has 0 aromatic carbocycles. The summed E-state index contributed by atoms with van der Waals surface area (Å²) in [6.45, 7) is 6.55. The van der Waals surface area contributed by atoms with Gasteiger partial charge in [-0.05, 0) is 17.8 Å². The van der Waals surface area contributed by atoms with Crippen molar-refractivity contribution in [1.29, 1.82) is 0 Å². The fourth-order valence-electron chi connectivity index (χ4n) is 1.83. The van der Waals surface area contributed by atoms with E-state index in [0.717, 1.165) is 12.3 Å². The first-order valence-electron chi connectivity index (χ1n) is 4.27. The molecule has 1 fully saturated rings. The SMILES string of the molecule is CCCC1CC(O)C1(C)C. The summed E-state index contributed by atoms with van der Waals surface area (Å²) in [5, 5.41) is 9.37. The van der Waals surface area contributed by atoms with Crippen molar-refractivity contribution in [2.45, 2.75) is 46.1 Å². The van der Waals surface area contributed by atoms with Crippen molar-refractivity contribution in [2.24, 2.45) is 11.3 Å². The second kappa shape index (κ2) is 2.54. The highest BCUT2D eigenvalue weighted by atomic mass is 16.3. The maximum Gasteiger partial charge on any atom is 0.0596 e. The molecule has 10 heavy (non-hydrogen) atoms. The van der Waals surface area contributed by atoms with Crippen LogP contribution < -0.4 is 0 Å². The second-order valence-corrected chi connectivity index (χ2v) is 4.06. The second-order valence-electron chi connectivity index (χ2n) is 4.06. The Kier molecular flexibility index (Phi) is 2.04. The summed E-state index contributed by atoms with van der Waals surface area (Å²) in [6, 6.07) is 0. The van der Waals surface area contributed by atoms with Crippen molar-refractivity contribution >= 4 is 0 Å². The van der Waals surface area contributed by atoms with Crippen LogP contribution in [0, 0.1) is 11.3 Å². The van der Waals surface area contributed by atoms with Gasteiger partial charge in [-0.15, -0.1) is 0 Å². The average Bonchev–Trinajstić information content (AvgIpc) is 1.88. The molecule has 0 radical (unpaired) electrons. The van der Waals surface area contributed by atoms with Crippen LogP contribution in [0.4, 0.5) is 0 Å². The van der Waals surface area contributed by atoms with Crippen LogP contribution in [-0.2, 0) is 0 Å². The van der Waals surface area contributed by atoms with Crippen molar-refractivity contribution < 1.29 is 5.11 Å². The number of aliphatic hydroxyl groups is 1. The molecule has 1 rings (SSSR count). The Morgan fingerprint density at radius 3 is 2.40 bits per heavy atom. The van der Waals surface area contributed by atoms with E-state index in [1.165, 1.54) is 12.8 Å². The topological polar surface area (TPSA) is 20.2 Å². The lowest BCUT2D eigenvalue weighted by atomic mass is 9.59. The van der Waals surface area contributed by atoms with E-state index in [-0.39, 0.29) is 11.5 Å². The van der Waals surface area contributed by atoms with Gasteiger partial charge in [0.25, 0.3) is 0 Å². The summed E-state index contributed by atoms with van der Waals surface area (Å²) in [7, 11) is 0. The Morgan fingerprint density at radius 2 is 2.10 bits per heavy atom. The van der Waals surface area contributed by atoms with E-state index in [4.69, 9.17) is 0 Å².